The molecule has 0 saturated carbocycles. The lowest BCUT2D eigenvalue weighted by molar-refractivity contribution is 0.660. The molecule has 0 N–H and O–H groups in total. The summed E-state index contributed by atoms with van der Waals surface area (Å²) in [6.07, 6.45) is 0. The number of anilines is 3. The van der Waals surface area contributed by atoms with Gasteiger partial charge in [-0.15, -0.1) is 0 Å². The summed E-state index contributed by atoms with van der Waals surface area (Å²) in [6.45, 7) is 4.69. The van der Waals surface area contributed by atoms with E-state index >= 15 is 0 Å². The van der Waals surface area contributed by atoms with Gasteiger partial charge in [0.05, 0.1) is 5.69 Å². The number of hydrogen-bond acceptors (Lipinski definition) is 2. The Balaban J connectivity index is 1.14. The molecule has 8 aromatic carbocycles. The van der Waals surface area contributed by atoms with Crippen LogP contribution in [-0.4, -0.2) is 0 Å². The van der Waals surface area contributed by atoms with Gasteiger partial charge < -0.3 is 9.32 Å². The van der Waals surface area contributed by atoms with Gasteiger partial charge in [-0.2, -0.15) is 0 Å². The third-order valence-electron chi connectivity index (χ3n) is 10.9. The fourth-order valence-corrected chi connectivity index (χ4v) is 8.23. The van der Waals surface area contributed by atoms with Crippen LogP contribution in [0.1, 0.15) is 25.0 Å². The van der Waals surface area contributed by atoms with Crippen molar-refractivity contribution in [2.75, 3.05) is 4.90 Å². The molecule has 0 fully saturated rings. The number of para-hydroxylation sites is 1. The summed E-state index contributed by atoms with van der Waals surface area (Å²) in [4.78, 5) is 2.42. The highest BCUT2D eigenvalue weighted by molar-refractivity contribution is 6.11. The first-order valence-corrected chi connectivity index (χ1v) is 17.7. The molecule has 2 nitrogen and oxygen atoms in total. The monoisotopic (exact) mass is 653 g/mol. The zero-order chi connectivity index (χ0) is 34.1. The van der Waals surface area contributed by atoms with Gasteiger partial charge in [-0.05, 0) is 104 Å². The van der Waals surface area contributed by atoms with Crippen LogP contribution in [0.3, 0.4) is 0 Å². The van der Waals surface area contributed by atoms with Crippen LogP contribution in [-0.2, 0) is 5.41 Å². The summed E-state index contributed by atoms with van der Waals surface area (Å²) in [5.74, 6) is 0. The van der Waals surface area contributed by atoms with E-state index in [4.69, 9.17) is 4.42 Å². The predicted molar refractivity (Wildman–Crippen MR) is 214 cm³/mol. The maximum absolute atomic E-state index is 6.54. The van der Waals surface area contributed by atoms with E-state index in [9.17, 15) is 0 Å². The molecule has 1 aromatic heterocycles. The first-order valence-electron chi connectivity index (χ1n) is 17.7. The van der Waals surface area contributed by atoms with Gasteiger partial charge in [0.25, 0.3) is 0 Å². The van der Waals surface area contributed by atoms with Crippen molar-refractivity contribution in [2.45, 2.75) is 19.3 Å². The van der Waals surface area contributed by atoms with E-state index < -0.39 is 0 Å². The van der Waals surface area contributed by atoms with Gasteiger partial charge >= 0.3 is 0 Å². The van der Waals surface area contributed by atoms with Gasteiger partial charge in [-0.25, -0.2) is 0 Å². The maximum atomic E-state index is 6.54. The van der Waals surface area contributed by atoms with E-state index in [1.54, 1.807) is 0 Å². The molecule has 0 saturated heterocycles. The number of hydrogen-bond donors (Lipinski definition) is 0. The summed E-state index contributed by atoms with van der Waals surface area (Å²) in [5, 5.41) is 4.68. The van der Waals surface area contributed by atoms with Gasteiger partial charge in [0, 0.05) is 33.1 Å². The van der Waals surface area contributed by atoms with Gasteiger partial charge in [0.15, 0.2) is 0 Å². The third-order valence-corrected chi connectivity index (χ3v) is 10.9. The normalized spacial score (nSPS) is 13.1. The fourth-order valence-electron chi connectivity index (χ4n) is 8.23. The lowest BCUT2D eigenvalue weighted by atomic mass is 9.82. The van der Waals surface area contributed by atoms with Gasteiger partial charge in [0.2, 0.25) is 0 Å². The van der Waals surface area contributed by atoms with Crippen LogP contribution in [0.4, 0.5) is 17.1 Å². The Bertz CT molecular complexity index is 2770. The Morgan fingerprint density at radius 2 is 1.02 bits per heavy atom. The summed E-state index contributed by atoms with van der Waals surface area (Å²) < 4.78 is 6.54. The summed E-state index contributed by atoms with van der Waals surface area (Å²) in [5.41, 5.74) is 15.1. The second kappa shape index (κ2) is 11.3. The molecule has 0 amide bonds. The van der Waals surface area contributed by atoms with Gasteiger partial charge in [-0.3, -0.25) is 0 Å². The Morgan fingerprint density at radius 3 is 1.84 bits per heavy atom. The van der Waals surface area contributed by atoms with Crippen molar-refractivity contribution in [1.82, 2.24) is 0 Å². The average molecular weight is 654 g/mol. The van der Waals surface area contributed by atoms with Crippen LogP contribution >= 0.6 is 0 Å². The molecule has 0 bridgehead atoms. The molecule has 10 rings (SSSR count). The molecule has 1 aliphatic carbocycles. The number of nitrogens with zero attached hydrogens (tertiary/aromatic N) is 1. The minimum absolute atomic E-state index is 0.110. The van der Waals surface area contributed by atoms with Crippen LogP contribution in [0.5, 0.6) is 0 Å². The molecule has 2 heteroatoms. The van der Waals surface area contributed by atoms with Crippen molar-refractivity contribution in [2.24, 2.45) is 0 Å². The van der Waals surface area contributed by atoms with Crippen LogP contribution in [0.25, 0.3) is 66.1 Å². The van der Waals surface area contributed by atoms with Crippen molar-refractivity contribution in [3.63, 3.8) is 0 Å². The molecule has 0 unspecified atom stereocenters. The molecule has 0 atom stereocenters. The fraction of sp³-hybridized carbons (Fsp3) is 0.0612. The van der Waals surface area contributed by atoms with E-state index in [1.165, 1.54) is 44.2 Å². The molecule has 9 aromatic rings. The Labute approximate surface area is 297 Å². The quantitative estimate of drug-likeness (QED) is 0.184. The lowest BCUT2D eigenvalue weighted by Crippen LogP contribution is -2.16. The summed E-state index contributed by atoms with van der Waals surface area (Å²) in [7, 11) is 0. The van der Waals surface area contributed by atoms with Crippen LogP contribution in [0, 0.1) is 0 Å². The van der Waals surface area contributed by atoms with E-state index in [1.807, 2.05) is 0 Å². The standard InChI is InChI=1S/C49H35NO/c1-49(2)44-18-10-8-17-40(44)41-27-25-38(31-45(41)49)50(37-23-20-33(21-24-37)32-12-4-3-5-13-32)46-19-11-9-16-39(46)36-22-26-42-43-28-34-14-6-7-15-35(34)29-48(43)51-47(42)30-36/h3-31H,1-2H3. The summed E-state index contributed by atoms with van der Waals surface area (Å²) in [6, 6.07) is 63.7. The van der Waals surface area contributed by atoms with E-state index in [0.717, 1.165) is 50.1 Å². The Hall–Kier alpha value is -6.38. The first-order chi connectivity index (χ1) is 25.0. The molecule has 51 heavy (non-hydrogen) atoms. The largest absolute Gasteiger partial charge is 0.456 e. The smallest absolute Gasteiger partial charge is 0.136 e. The molecule has 0 aliphatic heterocycles. The molecule has 1 heterocycles. The van der Waals surface area contributed by atoms with Crippen molar-refractivity contribution in [3.8, 4) is 33.4 Å². The highest BCUT2D eigenvalue weighted by Gasteiger charge is 2.35. The molecule has 0 radical (unpaired) electrons. The topological polar surface area (TPSA) is 16.4 Å². The van der Waals surface area contributed by atoms with E-state index in [2.05, 4.69) is 195 Å². The van der Waals surface area contributed by atoms with Crippen LogP contribution < -0.4 is 4.90 Å². The minimum Gasteiger partial charge on any atom is -0.456 e. The Morgan fingerprint density at radius 1 is 0.412 bits per heavy atom. The average Bonchev–Trinajstić information content (AvgIpc) is 3.65. The number of benzene rings is 8. The first kappa shape index (κ1) is 29.5. The third kappa shape index (κ3) is 4.71. The van der Waals surface area contributed by atoms with Crippen LogP contribution in [0.15, 0.2) is 180 Å². The van der Waals surface area contributed by atoms with E-state index in [-0.39, 0.29) is 5.41 Å². The number of furan rings is 1. The van der Waals surface area contributed by atoms with Crippen molar-refractivity contribution >= 4 is 49.8 Å². The number of rotatable bonds is 5. The molecule has 0 spiro atoms. The minimum atomic E-state index is -0.110. The van der Waals surface area contributed by atoms with Gasteiger partial charge in [-0.1, -0.05) is 135 Å². The van der Waals surface area contributed by atoms with E-state index in [0.29, 0.717) is 0 Å². The highest BCUT2D eigenvalue weighted by Crippen LogP contribution is 2.51. The SMILES string of the molecule is CC1(C)c2ccccc2-c2ccc(N(c3ccc(-c4ccccc4)cc3)c3ccccc3-c3ccc4c(c3)oc3cc5ccccc5cc34)cc21. The van der Waals surface area contributed by atoms with Gasteiger partial charge in [0.1, 0.15) is 11.2 Å². The van der Waals surface area contributed by atoms with Crippen molar-refractivity contribution < 1.29 is 4.42 Å². The molecule has 242 valence electrons. The zero-order valence-electron chi connectivity index (χ0n) is 28.6. The lowest BCUT2D eigenvalue weighted by Gasteiger charge is -2.30. The maximum Gasteiger partial charge on any atom is 0.136 e. The second-order valence-electron chi connectivity index (χ2n) is 14.2. The zero-order valence-corrected chi connectivity index (χ0v) is 28.6. The highest BCUT2D eigenvalue weighted by atomic mass is 16.3. The van der Waals surface area contributed by atoms with Crippen LogP contribution in [0.2, 0.25) is 0 Å². The second-order valence-corrected chi connectivity index (χ2v) is 14.2. The molecule has 1 aliphatic rings. The Kier molecular flexibility index (Phi) is 6.56. The summed E-state index contributed by atoms with van der Waals surface area (Å²) >= 11 is 0. The van der Waals surface area contributed by atoms with Crippen molar-refractivity contribution in [3.05, 3.63) is 187 Å². The predicted octanol–water partition coefficient (Wildman–Crippen LogP) is 13.8. The number of fused-ring (bicyclic) bond motifs is 7. The molecular weight excluding hydrogens is 619 g/mol. The molecular formula is C49H35NO. The van der Waals surface area contributed by atoms with Crippen molar-refractivity contribution in [1.29, 1.82) is 0 Å².